The molecule has 4 rings (SSSR count). The van der Waals surface area contributed by atoms with Gasteiger partial charge in [0, 0.05) is 9.35 Å². The summed E-state index contributed by atoms with van der Waals surface area (Å²) >= 11 is 5.14. The van der Waals surface area contributed by atoms with Crippen LogP contribution in [0.15, 0.2) is 33.5 Å². The van der Waals surface area contributed by atoms with E-state index in [1.165, 1.54) is 23.3 Å². The average molecular weight is 387 g/mol. The van der Waals surface area contributed by atoms with E-state index in [4.69, 9.17) is 0 Å². The third-order valence-corrected chi connectivity index (χ3v) is 5.80. The summed E-state index contributed by atoms with van der Waals surface area (Å²) in [7, 11) is 0. The van der Waals surface area contributed by atoms with E-state index < -0.39 is 0 Å². The van der Waals surface area contributed by atoms with Crippen LogP contribution in [0.25, 0.3) is 22.4 Å². The Labute approximate surface area is 146 Å². The Morgan fingerprint density at radius 1 is 1.22 bits per heavy atom. The fourth-order valence-electron chi connectivity index (χ4n) is 3.04. The molecule has 116 valence electrons. The molecule has 1 aliphatic carbocycles. The molecule has 0 radical (unpaired) electrons. The first-order valence-corrected chi connectivity index (χ1v) is 9.30. The Morgan fingerprint density at radius 3 is 2.96 bits per heavy atom. The molecule has 23 heavy (non-hydrogen) atoms. The number of aryl methyl sites for hydroxylation is 2. The molecule has 0 saturated carbocycles. The van der Waals surface area contributed by atoms with Crippen LogP contribution in [0.1, 0.15) is 34.7 Å². The van der Waals surface area contributed by atoms with Gasteiger partial charge in [-0.05, 0) is 55.0 Å². The summed E-state index contributed by atoms with van der Waals surface area (Å²) in [6.07, 6.45) is 8.30. The first kappa shape index (κ1) is 14.8. The highest BCUT2D eigenvalue weighted by atomic mass is 79.9. The number of aromatic nitrogens is 2. The van der Waals surface area contributed by atoms with Crippen LogP contribution >= 0.6 is 27.3 Å². The number of aromatic amines is 1. The molecule has 3 aromatic rings. The number of hydrogen-bond donors (Lipinski definition) is 1. The Balaban J connectivity index is 1.75. The highest BCUT2D eigenvalue weighted by molar-refractivity contribution is 9.10. The molecule has 0 unspecified atom stereocenters. The minimum absolute atomic E-state index is 0.0108. The van der Waals surface area contributed by atoms with Gasteiger partial charge in [0.1, 0.15) is 10.7 Å². The highest BCUT2D eigenvalue weighted by Crippen LogP contribution is 2.33. The van der Waals surface area contributed by atoms with Gasteiger partial charge in [0.25, 0.3) is 5.56 Å². The lowest BCUT2D eigenvalue weighted by atomic mass is 9.97. The summed E-state index contributed by atoms with van der Waals surface area (Å²) in [5.74, 6) is 0.612. The molecule has 0 saturated heterocycles. The topological polar surface area (TPSA) is 45.8 Å². The van der Waals surface area contributed by atoms with Crippen molar-refractivity contribution >= 4 is 49.6 Å². The van der Waals surface area contributed by atoms with Crippen molar-refractivity contribution in [3.05, 3.63) is 60.9 Å². The number of rotatable bonds is 2. The van der Waals surface area contributed by atoms with E-state index >= 15 is 0 Å². The third kappa shape index (κ3) is 2.91. The van der Waals surface area contributed by atoms with Crippen molar-refractivity contribution in [2.45, 2.75) is 25.7 Å². The predicted molar refractivity (Wildman–Crippen MR) is 100.0 cm³/mol. The van der Waals surface area contributed by atoms with E-state index in [0.717, 1.165) is 33.1 Å². The minimum Gasteiger partial charge on any atom is -0.306 e. The molecule has 5 heteroatoms. The van der Waals surface area contributed by atoms with Gasteiger partial charge in [-0.25, -0.2) is 4.98 Å². The summed E-state index contributed by atoms with van der Waals surface area (Å²) in [4.78, 5) is 22.2. The van der Waals surface area contributed by atoms with Gasteiger partial charge < -0.3 is 4.98 Å². The molecule has 1 aromatic carbocycles. The zero-order chi connectivity index (χ0) is 15.8. The molecule has 0 aliphatic heterocycles. The summed E-state index contributed by atoms with van der Waals surface area (Å²) in [5, 5.41) is 0.810. The second-order valence-electron chi connectivity index (χ2n) is 5.73. The predicted octanol–water partition coefficient (Wildman–Crippen LogP) is 4.80. The van der Waals surface area contributed by atoms with Crippen molar-refractivity contribution in [1.29, 1.82) is 0 Å². The first-order valence-electron chi connectivity index (χ1n) is 7.69. The van der Waals surface area contributed by atoms with Crippen LogP contribution in [-0.2, 0) is 12.8 Å². The summed E-state index contributed by atoms with van der Waals surface area (Å²) < 4.78 is 1.03. The quantitative estimate of drug-likeness (QED) is 0.687. The van der Waals surface area contributed by atoms with Gasteiger partial charge in [-0.1, -0.05) is 34.1 Å². The normalized spacial score (nSPS) is 14.5. The lowest BCUT2D eigenvalue weighted by Crippen LogP contribution is -2.11. The largest absolute Gasteiger partial charge is 0.306 e. The first-order chi connectivity index (χ1) is 11.2. The summed E-state index contributed by atoms with van der Waals surface area (Å²) in [6.45, 7) is 0. The number of fused-ring (bicyclic) bond motifs is 3. The van der Waals surface area contributed by atoms with Gasteiger partial charge in [0.15, 0.2) is 0 Å². The molecule has 0 amide bonds. The van der Waals surface area contributed by atoms with Crippen molar-refractivity contribution in [3.8, 4) is 0 Å². The monoisotopic (exact) mass is 386 g/mol. The van der Waals surface area contributed by atoms with E-state index in [9.17, 15) is 4.79 Å². The van der Waals surface area contributed by atoms with Gasteiger partial charge in [-0.2, -0.15) is 0 Å². The molecule has 0 bridgehead atoms. The molecular weight excluding hydrogens is 372 g/mol. The van der Waals surface area contributed by atoms with Crippen LogP contribution in [0.4, 0.5) is 0 Å². The number of thiophene rings is 1. The minimum atomic E-state index is -0.0108. The van der Waals surface area contributed by atoms with Gasteiger partial charge >= 0.3 is 0 Å². The Hall–Kier alpha value is -1.72. The average Bonchev–Trinajstić information content (AvgIpc) is 2.92. The van der Waals surface area contributed by atoms with Crippen molar-refractivity contribution in [1.82, 2.24) is 9.97 Å². The van der Waals surface area contributed by atoms with Gasteiger partial charge in [-0.3, -0.25) is 4.79 Å². The smallest absolute Gasteiger partial charge is 0.260 e. The Kier molecular flexibility index (Phi) is 3.91. The van der Waals surface area contributed by atoms with Gasteiger partial charge in [0.2, 0.25) is 0 Å². The zero-order valence-electron chi connectivity index (χ0n) is 12.4. The number of nitrogens with one attached hydrogen (secondary N) is 1. The molecule has 2 aromatic heterocycles. The molecule has 0 atom stereocenters. The van der Waals surface area contributed by atoms with Gasteiger partial charge in [-0.15, -0.1) is 11.3 Å². The van der Waals surface area contributed by atoms with E-state index in [1.54, 1.807) is 11.3 Å². The Bertz CT molecular complexity index is 971. The van der Waals surface area contributed by atoms with Crippen LogP contribution in [0.5, 0.6) is 0 Å². The van der Waals surface area contributed by atoms with Crippen LogP contribution in [-0.4, -0.2) is 9.97 Å². The maximum atomic E-state index is 12.5. The molecule has 1 N–H and O–H groups in total. The van der Waals surface area contributed by atoms with Crippen LogP contribution in [0.2, 0.25) is 0 Å². The van der Waals surface area contributed by atoms with Crippen molar-refractivity contribution in [3.63, 3.8) is 0 Å². The Morgan fingerprint density at radius 2 is 2.09 bits per heavy atom. The zero-order valence-corrected chi connectivity index (χ0v) is 14.8. The fraction of sp³-hybridized carbons (Fsp3) is 0.222. The van der Waals surface area contributed by atoms with E-state index in [-0.39, 0.29) is 5.56 Å². The van der Waals surface area contributed by atoms with Crippen LogP contribution in [0.3, 0.4) is 0 Å². The fourth-order valence-corrected chi connectivity index (χ4v) is 4.73. The third-order valence-electron chi connectivity index (χ3n) is 4.13. The standard InChI is InChI=1S/C18H15BrN2OS/c19-12-5-3-4-11(10-12)8-9-15-20-17(22)16-13-6-1-2-7-14(13)23-18(16)21-15/h3-5,8-10H,1-2,6-7H2,(H,20,21,22)/b9-8+. The SMILES string of the molecule is O=c1[nH]c(/C=C/c2cccc(Br)c2)nc2sc3c(c12)CCCC3. The second-order valence-corrected chi connectivity index (χ2v) is 7.73. The van der Waals surface area contributed by atoms with Crippen LogP contribution in [0, 0.1) is 0 Å². The molecule has 3 nitrogen and oxygen atoms in total. The number of nitrogens with zero attached hydrogens (tertiary/aromatic N) is 1. The van der Waals surface area contributed by atoms with Crippen molar-refractivity contribution in [2.24, 2.45) is 0 Å². The number of hydrogen-bond acceptors (Lipinski definition) is 3. The van der Waals surface area contributed by atoms with Gasteiger partial charge in [0.05, 0.1) is 5.39 Å². The number of benzene rings is 1. The summed E-state index contributed by atoms with van der Waals surface area (Å²) in [6, 6.07) is 8.01. The second kappa shape index (κ2) is 6.06. The molecule has 1 aliphatic rings. The van der Waals surface area contributed by atoms with Crippen molar-refractivity contribution < 1.29 is 0 Å². The highest BCUT2D eigenvalue weighted by Gasteiger charge is 2.19. The van der Waals surface area contributed by atoms with Crippen LogP contribution < -0.4 is 5.56 Å². The van der Waals surface area contributed by atoms with E-state index in [1.807, 2.05) is 36.4 Å². The molecule has 2 heterocycles. The number of halogens is 1. The molecule has 0 fully saturated rings. The maximum absolute atomic E-state index is 12.5. The maximum Gasteiger partial charge on any atom is 0.260 e. The summed E-state index contributed by atoms with van der Waals surface area (Å²) in [5.41, 5.74) is 2.28. The lowest BCUT2D eigenvalue weighted by Gasteiger charge is -2.09. The molecule has 0 spiro atoms. The van der Waals surface area contributed by atoms with E-state index in [0.29, 0.717) is 5.82 Å². The van der Waals surface area contributed by atoms with Crippen molar-refractivity contribution in [2.75, 3.05) is 0 Å². The van der Waals surface area contributed by atoms with E-state index in [2.05, 4.69) is 25.9 Å². The number of H-pyrrole nitrogens is 1. The lowest BCUT2D eigenvalue weighted by molar-refractivity contribution is 0.700. The molecular formula is C18H15BrN2OS.